The van der Waals surface area contributed by atoms with Crippen molar-refractivity contribution in [2.45, 2.75) is 27.2 Å². The summed E-state index contributed by atoms with van der Waals surface area (Å²) in [4.78, 5) is 17.9. The van der Waals surface area contributed by atoms with Crippen LogP contribution in [0.5, 0.6) is 11.5 Å². The molecule has 0 unspecified atom stereocenters. The molecule has 0 bridgehead atoms. The summed E-state index contributed by atoms with van der Waals surface area (Å²) in [5.74, 6) is 0.684. The molecule has 31 heavy (non-hydrogen) atoms. The van der Waals surface area contributed by atoms with E-state index in [1.807, 2.05) is 51.1 Å². The molecule has 0 aliphatic rings. The number of hydrogen-bond donors (Lipinski definition) is 1. The largest absolute Gasteiger partial charge is 0.490 e. The van der Waals surface area contributed by atoms with E-state index in [9.17, 15) is 4.79 Å². The SMILES string of the molecule is CCCOc1c(Cl)cc(/C=N\NC(=O)c2nc(-c3ccccc3)sc2C)cc1OCC. The van der Waals surface area contributed by atoms with Gasteiger partial charge in [0, 0.05) is 10.4 Å². The molecule has 1 N–H and O–H groups in total. The predicted molar refractivity (Wildman–Crippen MR) is 126 cm³/mol. The quantitative estimate of drug-likeness (QED) is 0.329. The minimum atomic E-state index is -0.369. The molecule has 2 aromatic carbocycles. The Morgan fingerprint density at radius 3 is 2.71 bits per heavy atom. The van der Waals surface area contributed by atoms with E-state index in [0.29, 0.717) is 41.0 Å². The van der Waals surface area contributed by atoms with Gasteiger partial charge in [-0.2, -0.15) is 5.10 Å². The number of aromatic nitrogens is 1. The van der Waals surface area contributed by atoms with Crippen LogP contribution >= 0.6 is 22.9 Å². The summed E-state index contributed by atoms with van der Waals surface area (Å²) in [6, 6.07) is 13.2. The monoisotopic (exact) mass is 457 g/mol. The summed E-state index contributed by atoms with van der Waals surface area (Å²) in [7, 11) is 0. The lowest BCUT2D eigenvalue weighted by Crippen LogP contribution is -2.19. The Kier molecular flexibility index (Phi) is 8.03. The molecular weight excluding hydrogens is 434 g/mol. The van der Waals surface area contributed by atoms with Crippen molar-refractivity contribution in [3.8, 4) is 22.1 Å². The molecule has 162 valence electrons. The van der Waals surface area contributed by atoms with Gasteiger partial charge in [-0.1, -0.05) is 48.9 Å². The molecule has 0 radical (unpaired) electrons. The van der Waals surface area contributed by atoms with E-state index in [2.05, 4.69) is 15.5 Å². The summed E-state index contributed by atoms with van der Waals surface area (Å²) < 4.78 is 11.3. The van der Waals surface area contributed by atoms with Crippen LogP contribution in [-0.2, 0) is 0 Å². The number of rotatable bonds is 9. The van der Waals surface area contributed by atoms with Crippen LogP contribution in [0.15, 0.2) is 47.6 Å². The zero-order valence-electron chi connectivity index (χ0n) is 17.6. The van der Waals surface area contributed by atoms with Crippen molar-refractivity contribution < 1.29 is 14.3 Å². The predicted octanol–water partition coefficient (Wildman–Crippen LogP) is 5.72. The topological polar surface area (TPSA) is 72.8 Å². The zero-order valence-corrected chi connectivity index (χ0v) is 19.2. The summed E-state index contributed by atoms with van der Waals surface area (Å²) in [5.41, 5.74) is 4.54. The van der Waals surface area contributed by atoms with Crippen LogP contribution in [0.2, 0.25) is 5.02 Å². The van der Waals surface area contributed by atoms with E-state index < -0.39 is 0 Å². The number of hydrogen-bond acceptors (Lipinski definition) is 6. The fraction of sp³-hybridized carbons (Fsp3) is 0.261. The van der Waals surface area contributed by atoms with Gasteiger partial charge in [0.15, 0.2) is 11.5 Å². The molecule has 8 heteroatoms. The molecule has 0 spiro atoms. The molecule has 0 aliphatic heterocycles. The highest BCUT2D eigenvalue weighted by molar-refractivity contribution is 7.15. The highest BCUT2D eigenvalue weighted by Gasteiger charge is 2.16. The van der Waals surface area contributed by atoms with Gasteiger partial charge in [0.05, 0.1) is 24.5 Å². The maximum atomic E-state index is 12.6. The van der Waals surface area contributed by atoms with Crippen LogP contribution in [0.25, 0.3) is 10.6 Å². The van der Waals surface area contributed by atoms with Crippen molar-refractivity contribution in [2.75, 3.05) is 13.2 Å². The lowest BCUT2D eigenvalue weighted by atomic mass is 10.2. The summed E-state index contributed by atoms with van der Waals surface area (Å²) in [6.45, 7) is 6.79. The van der Waals surface area contributed by atoms with Crippen LogP contribution in [-0.4, -0.2) is 30.3 Å². The van der Waals surface area contributed by atoms with E-state index in [0.717, 1.165) is 21.9 Å². The third-order valence-corrected chi connectivity index (χ3v) is 5.49. The van der Waals surface area contributed by atoms with Crippen molar-refractivity contribution in [2.24, 2.45) is 5.10 Å². The van der Waals surface area contributed by atoms with E-state index in [-0.39, 0.29) is 5.91 Å². The first kappa shape index (κ1) is 22.8. The van der Waals surface area contributed by atoms with E-state index in [1.54, 1.807) is 12.1 Å². The maximum Gasteiger partial charge on any atom is 0.291 e. The third-order valence-electron chi connectivity index (χ3n) is 4.19. The van der Waals surface area contributed by atoms with Gasteiger partial charge in [0.1, 0.15) is 10.7 Å². The van der Waals surface area contributed by atoms with E-state index in [1.165, 1.54) is 17.6 Å². The molecule has 3 aromatic rings. The lowest BCUT2D eigenvalue weighted by molar-refractivity contribution is 0.0950. The molecule has 0 fully saturated rings. The van der Waals surface area contributed by atoms with E-state index in [4.69, 9.17) is 21.1 Å². The van der Waals surface area contributed by atoms with Crippen LogP contribution < -0.4 is 14.9 Å². The number of amides is 1. The average Bonchev–Trinajstić information content (AvgIpc) is 3.16. The number of ether oxygens (including phenoxy) is 2. The Morgan fingerprint density at radius 2 is 2.00 bits per heavy atom. The highest BCUT2D eigenvalue weighted by atomic mass is 35.5. The highest BCUT2D eigenvalue weighted by Crippen LogP contribution is 2.36. The number of nitrogens with one attached hydrogen (secondary N) is 1. The number of nitrogens with zero attached hydrogens (tertiary/aromatic N) is 2. The van der Waals surface area contributed by atoms with Crippen LogP contribution in [0.4, 0.5) is 0 Å². The fourth-order valence-corrected chi connectivity index (χ4v) is 3.99. The number of aryl methyl sites for hydroxylation is 1. The van der Waals surface area contributed by atoms with Crippen LogP contribution in [0.1, 0.15) is 41.2 Å². The number of hydrazone groups is 1. The van der Waals surface area contributed by atoms with Gasteiger partial charge in [-0.05, 0) is 38.0 Å². The van der Waals surface area contributed by atoms with Gasteiger partial charge in [-0.3, -0.25) is 4.79 Å². The van der Waals surface area contributed by atoms with Gasteiger partial charge in [-0.15, -0.1) is 11.3 Å². The summed E-state index contributed by atoms with van der Waals surface area (Å²) >= 11 is 7.83. The Hall–Kier alpha value is -2.90. The minimum absolute atomic E-state index is 0.359. The van der Waals surface area contributed by atoms with Crippen molar-refractivity contribution in [3.05, 3.63) is 63.6 Å². The van der Waals surface area contributed by atoms with Gasteiger partial charge in [0.2, 0.25) is 0 Å². The van der Waals surface area contributed by atoms with Gasteiger partial charge < -0.3 is 9.47 Å². The molecule has 0 atom stereocenters. The minimum Gasteiger partial charge on any atom is -0.490 e. The zero-order chi connectivity index (χ0) is 22.2. The first-order valence-electron chi connectivity index (χ1n) is 9.98. The average molecular weight is 458 g/mol. The molecule has 0 aliphatic carbocycles. The molecule has 1 aromatic heterocycles. The van der Waals surface area contributed by atoms with E-state index >= 15 is 0 Å². The number of carbonyl (C=O) groups excluding carboxylic acids is 1. The van der Waals surface area contributed by atoms with Crippen molar-refractivity contribution in [1.29, 1.82) is 0 Å². The van der Waals surface area contributed by atoms with Crippen molar-refractivity contribution in [3.63, 3.8) is 0 Å². The maximum absolute atomic E-state index is 12.6. The standard InChI is InChI=1S/C23H24ClN3O3S/c1-4-11-30-21-18(24)12-16(13-19(21)29-5-2)14-25-27-22(28)20-15(3)31-23(26-20)17-9-7-6-8-10-17/h6-10,12-14H,4-5,11H2,1-3H3,(H,27,28)/b25-14-. The smallest absolute Gasteiger partial charge is 0.291 e. The second-order valence-corrected chi connectivity index (χ2v) is 8.21. The molecule has 3 rings (SSSR count). The number of carbonyl (C=O) groups is 1. The Bertz CT molecular complexity index is 1070. The lowest BCUT2D eigenvalue weighted by Gasteiger charge is -2.13. The number of halogens is 1. The fourth-order valence-electron chi connectivity index (χ4n) is 2.80. The van der Waals surface area contributed by atoms with Gasteiger partial charge in [0.25, 0.3) is 5.91 Å². The van der Waals surface area contributed by atoms with Crippen molar-refractivity contribution >= 4 is 35.1 Å². The molecule has 0 saturated heterocycles. The number of thiazole rings is 1. The second kappa shape index (κ2) is 10.9. The number of benzene rings is 2. The van der Waals surface area contributed by atoms with Crippen LogP contribution in [0, 0.1) is 6.92 Å². The first-order chi connectivity index (χ1) is 15.0. The molecular formula is C23H24ClN3O3S. The molecule has 6 nitrogen and oxygen atoms in total. The third kappa shape index (κ3) is 5.83. The van der Waals surface area contributed by atoms with Gasteiger partial charge in [-0.25, -0.2) is 10.4 Å². The molecule has 1 amide bonds. The van der Waals surface area contributed by atoms with Crippen LogP contribution in [0.3, 0.4) is 0 Å². The van der Waals surface area contributed by atoms with Gasteiger partial charge >= 0.3 is 0 Å². The second-order valence-electron chi connectivity index (χ2n) is 6.60. The Labute approximate surface area is 190 Å². The van der Waals surface area contributed by atoms with Crippen molar-refractivity contribution in [1.82, 2.24) is 10.4 Å². The summed E-state index contributed by atoms with van der Waals surface area (Å²) in [6.07, 6.45) is 2.37. The normalized spacial score (nSPS) is 11.0. The Morgan fingerprint density at radius 1 is 1.23 bits per heavy atom. The molecule has 1 heterocycles. The first-order valence-corrected chi connectivity index (χ1v) is 11.2. The summed E-state index contributed by atoms with van der Waals surface area (Å²) in [5, 5.41) is 5.28. The molecule has 0 saturated carbocycles. The Balaban J connectivity index is 1.73.